The van der Waals surface area contributed by atoms with E-state index in [4.69, 9.17) is 0 Å². The lowest BCUT2D eigenvalue weighted by molar-refractivity contribution is -0.274. The first-order valence-electron chi connectivity index (χ1n) is 8.66. The predicted octanol–water partition coefficient (Wildman–Crippen LogP) is 4.24. The van der Waals surface area contributed by atoms with Crippen LogP contribution in [0.4, 0.5) is 18.9 Å². The molecule has 2 aromatic carbocycles. The number of amides is 1. The fourth-order valence-electron chi connectivity index (χ4n) is 3.23. The van der Waals surface area contributed by atoms with E-state index >= 15 is 0 Å². The van der Waals surface area contributed by atoms with Crippen molar-refractivity contribution in [1.29, 1.82) is 0 Å². The van der Waals surface area contributed by atoms with Crippen molar-refractivity contribution in [3.05, 3.63) is 58.1 Å². The van der Waals surface area contributed by atoms with Crippen molar-refractivity contribution in [1.82, 2.24) is 0 Å². The molecule has 0 radical (unpaired) electrons. The van der Waals surface area contributed by atoms with E-state index in [1.807, 2.05) is 0 Å². The number of alkyl halides is 3. The molecule has 1 aliphatic heterocycles. The Morgan fingerprint density at radius 1 is 1.17 bits per heavy atom. The zero-order chi connectivity index (χ0) is 21.2. The van der Waals surface area contributed by atoms with Crippen LogP contribution in [0, 0.1) is 0 Å². The zero-order valence-electron chi connectivity index (χ0n) is 15.1. The fraction of sp³-hybridized carbons (Fsp3) is 0.316. The second kappa shape index (κ2) is 8.35. The third-order valence-electron chi connectivity index (χ3n) is 4.32. The summed E-state index contributed by atoms with van der Waals surface area (Å²) in [5, 5.41) is 0. The number of nitrogens with zero attached hydrogens (tertiary/aromatic N) is 1. The molecule has 0 bridgehead atoms. The van der Waals surface area contributed by atoms with Crippen LogP contribution in [0.15, 0.2) is 46.9 Å². The fourth-order valence-corrected chi connectivity index (χ4v) is 5.00. The molecule has 0 aliphatic carbocycles. The van der Waals surface area contributed by atoms with Crippen molar-refractivity contribution >= 4 is 37.4 Å². The normalized spacial score (nSPS) is 14.4. The quantitative estimate of drug-likeness (QED) is 0.627. The first-order chi connectivity index (χ1) is 13.5. The molecular weight excluding hydrogens is 475 g/mol. The average molecular weight is 492 g/mol. The summed E-state index contributed by atoms with van der Waals surface area (Å²) in [5.41, 5.74) is 1.48. The van der Waals surface area contributed by atoms with Gasteiger partial charge in [0.1, 0.15) is 11.5 Å². The first kappa shape index (κ1) is 21.6. The molecule has 10 heteroatoms. The highest BCUT2D eigenvalue weighted by Crippen LogP contribution is 2.33. The van der Waals surface area contributed by atoms with E-state index in [1.54, 1.807) is 24.3 Å². The number of sulfone groups is 1. The Kier molecular flexibility index (Phi) is 6.23. The Bertz CT molecular complexity index is 1020. The zero-order valence-corrected chi connectivity index (χ0v) is 17.5. The highest BCUT2D eigenvalue weighted by atomic mass is 79.9. The van der Waals surface area contributed by atoms with Crippen molar-refractivity contribution in [2.75, 3.05) is 17.2 Å². The maximum absolute atomic E-state index is 12.7. The van der Waals surface area contributed by atoms with Crippen LogP contribution >= 0.6 is 15.9 Å². The maximum atomic E-state index is 12.7. The van der Waals surface area contributed by atoms with Gasteiger partial charge >= 0.3 is 6.36 Å². The van der Waals surface area contributed by atoms with Gasteiger partial charge in [-0.25, -0.2) is 8.42 Å². The Morgan fingerprint density at radius 3 is 2.62 bits per heavy atom. The molecule has 1 aliphatic rings. The van der Waals surface area contributed by atoms with Gasteiger partial charge in [-0.3, -0.25) is 4.79 Å². The smallest absolute Gasteiger partial charge is 0.406 e. The van der Waals surface area contributed by atoms with Crippen LogP contribution in [0.25, 0.3) is 0 Å². The van der Waals surface area contributed by atoms with Gasteiger partial charge in [0.25, 0.3) is 0 Å². The van der Waals surface area contributed by atoms with Gasteiger partial charge in [-0.2, -0.15) is 0 Å². The molecular formula is C19H17BrF3NO4S. The van der Waals surface area contributed by atoms with Crippen molar-refractivity contribution in [3.63, 3.8) is 0 Å². The molecule has 156 valence electrons. The summed E-state index contributed by atoms with van der Waals surface area (Å²) in [5.74, 6) is -1.94. The highest BCUT2D eigenvalue weighted by molar-refractivity contribution is 9.10. The number of aryl methyl sites for hydroxylation is 1. The van der Waals surface area contributed by atoms with Crippen LogP contribution in [0.1, 0.15) is 17.5 Å². The van der Waals surface area contributed by atoms with Gasteiger partial charge in [0.2, 0.25) is 5.91 Å². The monoisotopic (exact) mass is 491 g/mol. The Labute approximate surface area is 174 Å². The average Bonchev–Trinajstić information content (AvgIpc) is 2.58. The molecule has 2 aromatic rings. The van der Waals surface area contributed by atoms with Crippen molar-refractivity contribution in [2.24, 2.45) is 0 Å². The largest absolute Gasteiger partial charge is 0.573 e. The molecule has 29 heavy (non-hydrogen) atoms. The second-order valence-corrected chi connectivity index (χ2v) is 9.63. The number of hydrogen-bond acceptors (Lipinski definition) is 4. The molecule has 0 saturated carbocycles. The molecule has 0 fully saturated rings. The van der Waals surface area contributed by atoms with E-state index in [9.17, 15) is 26.4 Å². The Balaban J connectivity index is 1.75. The summed E-state index contributed by atoms with van der Waals surface area (Å²) in [6, 6.07) is 10.5. The van der Waals surface area contributed by atoms with Gasteiger partial charge < -0.3 is 9.64 Å². The first-order valence-corrected chi connectivity index (χ1v) is 11.3. The number of anilines is 1. The van der Waals surface area contributed by atoms with Crippen LogP contribution in [0.5, 0.6) is 5.75 Å². The van der Waals surface area contributed by atoms with Gasteiger partial charge in [-0.15, -0.1) is 13.2 Å². The minimum atomic E-state index is -4.81. The van der Waals surface area contributed by atoms with Crippen LogP contribution in [0.3, 0.4) is 0 Å². The summed E-state index contributed by atoms with van der Waals surface area (Å²) < 4.78 is 66.8. The molecule has 0 N–H and O–H groups in total. The molecule has 0 aromatic heterocycles. The van der Waals surface area contributed by atoms with Gasteiger partial charge in [-0.1, -0.05) is 28.1 Å². The Hall–Kier alpha value is -2.07. The lowest BCUT2D eigenvalue weighted by Gasteiger charge is -2.30. The molecule has 5 nitrogen and oxygen atoms in total. The second-order valence-electron chi connectivity index (χ2n) is 6.65. The van der Waals surface area contributed by atoms with Crippen LogP contribution < -0.4 is 9.64 Å². The van der Waals surface area contributed by atoms with Crippen LogP contribution in [0.2, 0.25) is 0 Å². The molecule has 0 unspecified atom stereocenters. The maximum Gasteiger partial charge on any atom is 0.573 e. The third kappa shape index (κ3) is 5.96. The third-order valence-corrected chi connectivity index (χ3v) is 6.28. The lowest BCUT2D eigenvalue weighted by Crippen LogP contribution is -2.39. The lowest BCUT2D eigenvalue weighted by atomic mass is 10.0. The van der Waals surface area contributed by atoms with E-state index in [0.29, 0.717) is 36.2 Å². The SMILES string of the molecule is O=C(CS(=O)(=O)Cc1cccc(Br)c1)N1CCCc2cc(OC(F)(F)F)ccc21. The van der Waals surface area contributed by atoms with Crippen LogP contribution in [-0.4, -0.2) is 33.0 Å². The van der Waals surface area contributed by atoms with Gasteiger partial charge in [0, 0.05) is 16.7 Å². The van der Waals surface area contributed by atoms with Gasteiger partial charge in [-0.05, 0) is 54.3 Å². The Morgan fingerprint density at radius 2 is 1.93 bits per heavy atom. The number of rotatable bonds is 5. The predicted molar refractivity (Wildman–Crippen MR) is 105 cm³/mol. The number of carbonyl (C=O) groups excluding carboxylic acids is 1. The molecule has 0 spiro atoms. The van der Waals surface area contributed by atoms with E-state index in [2.05, 4.69) is 20.7 Å². The van der Waals surface area contributed by atoms with Crippen molar-refractivity contribution in [2.45, 2.75) is 25.0 Å². The molecule has 3 rings (SSSR count). The molecule has 0 atom stereocenters. The van der Waals surface area contributed by atoms with E-state index in [0.717, 1.165) is 10.5 Å². The number of fused-ring (bicyclic) bond motifs is 1. The summed E-state index contributed by atoms with van der Waals surface area (Å²) in [6.07, 6.45) is -3.82. The van der Waals surface area contributed by atoms with Gasteiger partial charge in [0.05, 0.1) is 5.75 Å². The van der Waals surface area contributed by atoms with E-state index < -0.39 is 27.9 Å². The standard InChI is InChI=1S/C19H17BrF3NO4S/c20-15-5-1-3-13(9-15)11-29(26,27)12-18(25)24-8-2-4-14-10-16(6-7-17(14)24)28-19(21,22)23/h1,3,5-7,9-10H,2,4,8,11-12H2. The molecule has 1 heterocycles. The highest BCUT2D eigenvalue weighted by Gasteiger charge is 2.32. The number of halogens is 4. The van der Waals surface area contributed by atoms with E-state index in [1.165, 1.54) is 17.0 Å². The number of hydrogen-bond donors (Lipinski definition) is 0. The number of benzene rings is 2. The minimum absolute atomic E-state index is 0.281. The van der Waals surface area contributed by atoms with Gasteiger partial charge in [0.15, 0.2) is 9.84 Å². The summed E-state index contributed by atoms with van der Waals surface area (Å²) in [7, 11) is -3.72. The summed E-state index contributed by atoms with van der Waals surface area (Å²) in [6.45, 7) is 0.303. The van der Waals surface area contributed by atoms with Crippen molar-refractivity contribution in [3.8, 4) is 5.75 Å². The van der Waals surface area contributed by atoms with Crippen molar-refractivity contribution < 1.29 is 31.1 Å². The number of ether oxygens (including phenoxy) is 1. The minimum Gasteiger partial charge on any atom is -0.406 e. The number of carbonyl (C=O) groups is 1. The summed E-state index contributed by atoms with van der Waals surface area (Å²) >= 11 is 3.27. The molecule has 1 amide bonds. The van der Waals surface area contributed by atoms with Crippen LogP contribution in [-0.2, 0) is 26.8 Å². The topological polar surface area (TPSA) is 63.7 Å². The summed E-state index contributed by atoms with van der Waals surface area (Å²) in [4.78, 5) is 14.0. The van der Waals surface area contributed by atoms with E-state index in [-0.39, 0.29) is 11.5 Å². The molecule has 0 saturated heterocycles.